The highest BCUT2D eigenvalue weighted by molar-refractivity contribution is 5.78. The fraction of sp³-hybridized carbons (Fsp3) is 0.625. The predicted octanol–water partition coefficient (Wildman–Crippen LogP) is 1.14. The second-order valence-electron chi connectivity index (χ2n) is 2.60. The maximum absolute atomic E-state index is 11.1. The lowest BCUT2D eigenvalue weighted by atomic mass is 10.1. The number of ether oxygens (including phenoxy) is 2. The van der Waals surface area contributed by atoms with Crippen LogP contribution in [0.2, 0.25) is 0 Å². The lowest BCUT2D eigenvalue weighted by molar-refractivity contribution is -0.163. The van der Waals surface area contributed by atoms with Gasteiger partial charge in [-0.1, -0.05) is 12.7 Å². The average Bonchev–Trinajstić information content (AvgIpc) is 2.00. The Balaban J connectivity index is 3.91. The zero-order chi connectivity index (χ0) is 8.91. The van der Waals surface area contributed by atoms with Crippen LogP contribution < -0.4 is 0 Å². The molecule has 0 aliphatic carbocycles. The highest BCUT2D eigenvalue weighted by Gasteiger charge is 2.28. The van der Waals surface area contributed by atoms with Gasteiger partial charge in [-0.3, -0.25) is 0 Å². The molecular formula is C8H14O3. The third-order valence-electron chi connectivity index (χ3n) is 1.33. The molecule has 64 valence electrons. The highest BCUT2D eigenvalue weighted by atomic mass is 16.6. The molecule has 0 amide bonds. The van der Waals surface area contributed by atoms with Crippen LogP contribution in [0.3, 0.4) is 0 Å². The van der Waals surface area contributed by atoms with Crippen molar-refractivity contribution in [1.29, 1.82) is 0 Å². The summed E-state index contributed by atoms with van der Waals surface area (Å²) in [7, 11) is 1.47. The molecule has 0 atom stereocenters. The predicted molar refractivity (Wildman–Crippen MR) is 42.2 cm³/mol. The number of rotatable bonds is 4. The van der Waals surface area contributed by atoms with Gasteiger partial charge in [0.15, 0.2) is 5.60 Å². The van der Waals surface area contributed by atoms with Crippen molar-refractivity contribution >= 4 is 5.97 Å². The standard InChI is InChI=1S/C8H14O3/c1-5-6-11-7(9)8(2,3)10-4/h5H,1,6H2,2-4H3. The molecule has 0 saturated heterocycles. The molecule has 0 N–H and O–H groups in total. The van der Waals surface area contributed by atoms with Gasteiger partial charge in [-0.2, -0.15) is 0 Å². The number of hydrogen-bond donors (Lipinski definition) is 0. The number of methoxy groups -OCH3 is 1. The minimum absolute atomic E-state index is 0.228. The molecule has 0 rings (SSSR count). The van der Waals surface area contributed by atoms with Crippen LogP contribution in [-0.4, -0.2) is 25.3 Å². The van der Waals surface area contributed by atoms with E-state index in [0.29, 0.717) is 0 Å². The largest absolute Gasteiger partial charge is 0.459 e. The Bertz CT molecular complexity index is 149. The van der Waals surface area contributed by atoms with Crippen LogP contribution in [0.5, 0.6) is 0 Å². The smallest absolute Gasteiger partial charge is 0.338 e. The third kappa shape index (κ3) is 3.18. The molecule has 0 spiro atoms. The molecule has 3 nitrogen and oxygen atoms in total. The zero-order valence-electron chi connectivity index (χ0n) is 7.22. The molecule has 0 radical (unpaired) electrons. The van der Waals surface area contributed by atoms with Gasteiger partial charge >= 0.3 is 5.97 Å². The maximum Gasteiger partial charge on any atom is 0.338 e. The van der Waals surface area contributed by atoms with Gasteiger partial charge in [-0.05, 0) is 13.8 Å². The van der Waals surface area contributed by atoms with Gasteiger partial charge in [-0.15, -0.1) is 0 Å². The first-order valence-electron chi connectivity index (χ1n) is 3.38. The van der Waals surface area contributed by atoms with E-state index in [9.17, 15) is 4.79 Å². The molecular weight excluding hydrogens is 144 g/mol. The van der Waals surface area contributed by atoms with Crippen molar-refractivity contribution in [3.63, 3.8) is 0 Å². The minimum Gasteiger partial charge on any atom is -0.459 e. The van der Waals surface area contributed by atoms with E-state index >= 15 is 0 Å². The molecule has 11 heavy (non-hydrogen) atoms. The summed E-state index contributed by atoms with van der Waals surface area (Å²) in [6.07, 6.45) is 1.52. The first-order valence-corrected chi connectivity index (χ1v) is 3.38. The van der Waals surface area contributed by atoms with Crippen LogP contribution in [0.4, 0.5) is 0 Å². The van der Waals surface area contributed by atoms with Crippen molar-refractivity contribution < 1.29 is 14.3 Å². The van der Waals surface area contributed by atoms with E-state index < -0.39 is 5.60 Å². The summed E-state index contributed by atoms with van der Waals surface area (Å²) in [5.74, 6) is -0.375. The summed E-state index contributed by atoms with van der Waals surface area (Å²) in [5.41, 5.74) is -0.858. The van der Waals surface area contributed by atoms with Gasteiger partial charge < -0.3 is 9.47 Å². The minimum atomic E-state index is -0.858. The van der Waals surface area contributed by atoms with E-state index in [1.807, 2.05) is 0 Å². The summed E-state index contributed by atoms with van der Waals surface area (Å²) < 4.78 is 9.65. The van der Waals surface area contributed by atoms with E-state index in [0.717, 1.165) is 0 Å². The molecule has 0 aromatic rings. The molecule has 0 unspecified atom stereocenters. The topological polar surface area (TPSA) is 35.5 Å². The second-order valence-corrected chi connectivity index (χ2v) is 2.60. The van der Waals surface area contributed by atoms with Crippen LogP contribution >= 0.6 is 0 Å². The summed E-state index contributed by atoms with van der Waals surface area (Å²) in [6, 6.07) is 0. The summed E-state index contributed by atoms with van der Waals surface area (Å²) >= 11 is 0. The van der Waals surface area contributed by atoms with Gasteiger partial charge in [0.2, 0.25) is 0 Å². The molecule has 0 heterocycles. The Morgan fingerprint density at radius 3 is 2.55 bits per heavy atom. The van der Waals surface area contributed by atoms with Crippen molar-refractivity contribution in [2.24, 2.45) is 0 Å². The van der Waals surface area contributed by atoms with E-state index in [-0.39, 0.29) is 12.6 Å². The lowest BCUT2D eigenvalue weighted by Gasteiger charge is -2.19. The highest BCUT2D eigenvalue weighted by Crippen LogP contribution is 2.09. The Kier molecular flexibility index (Phi) is 3.82. The Hall–Kier alpha value is -0.830. The summed E-state index contributed by atoms with van der Waals surface area (Å²) in [6.45, 7) is 6.95. The normalized spacial score (nSPS) is 10.8. The Morgan fingerprint density at radius 2 is 2.18 bits per heavy atom. The summed E-state index contributed by atoms with van der Waals surface area (Å²) in [5, 5.41) is 0. The van der Waals surface area contributed by atoms with Crippen molar-refractivity contribution in [1.82, 2.24) is 0 Å². The molecule has 0 aromatic heterocycles. The van der Waals surface area contributed by atoms with Gasteiger partial charge in [0.05, 0.1) is 0 Å². The fourth-order valence-electron chi connectivity index (χ4n) is 0.392. The monoisotopic (exact) mass is 158 g/mol. The van der Waals surface area contributed by atoms with E-state index in [2.05, 4.69) is 6.58 Å². The quantitative estimate of drug-likeness (QED) is 0.454. The van der Waals surface area contributed by atoms with Crippen LogP contribution in [0.25, 0.3) is 0 Å². The lowest BCUT2D eigenvalue weighted by Crippen LogP contribution is -2.35. The number of carbonyl (C=O) groups is 1. The van der Waals surface area contributed by atoms with Crippen LogP contribution in [-0.2, 0) is 14.3 Å². The van der Waals surface area contributed by atoms with Crippen LogP contribution in [0.15, 0.2) is 12.7 Å². The Labute approximate surface area is 67.0 Å². The third-order valence-corrected chi connectivity index (χ3v) is 1.33. The molecule has 0 bridgehead atoms. The van der Waals surface area contributed by atoms with Crippen molar-refractivity contribution in [3.8, 4) is 0 Å². The molecule has 0 saturated carbocycles. The Morgan fingerprint density at radius 1 is 1.64 bits per heavy atom. The van der Waals surface area contributed by atoms with Crippen molar-refractivity contribution in [2.45, 2.75) is 19.4 Å². The van der Waals surface area contributed by atoms with Crippen molar-refractivity contribution in [3.05, 3.63) is 12.7 Å². The van der Waals surface area contributed by atoms with Crippen LogP contribution in [0.1, 0.15) is 13.8 Å². The molecule has 0 aliphatic heterocycles. The SMILES string of the molecule is C=CCOC(=O)C(C)(C)OC. The van der Waals surface area contributed by atoms with E-state index in [1.165, 1.54) is 13.2 Å². The molecule has 0 aromatic carbocycles. The number of hydrogen-bond acceptors (Lipinski definition) is 3. The van der Waals surface area contributed by atoms with Gasteiger partial charge in [0.1, 0.15) is 6.61 Å². The fourth-order valence-corrected chi connectivity index (χ4v) is 0.392. The maximum atomic E-state index is 11.1. The second kappa shape index (κ2) is 4.13. The van der Waals surface area contributed by atoms with Gasteiger partial charge in [-0.25, -0.2) is 4.79 Å². The first kappa shape index (κ1) is 10.2. The summed E-state index contributed by atoms with van der Waals surface area (Å²) in [4.78, 5) is 11.1. The van der Waals surface area contributed by atoms with Gasteiger partial charge in [0.25, 0.3) is 0 Å². The molecule has 3 heteroatoms. The van der Waals surface area contributed by atoms with Crippen molar-refractivity contribution in [2.75, 3.05) is 13.7 Å². The van der Waals surface area contributed by atoms with E-state index in [1.54, 1.807) is 13.8 Å². The number of carbonyl (C=O) groups excluding carboxylic acids is 1. The number of esters is 1. The average molecular weight is 158 g/mol. The molecule has 0 aliphatic rings. The van der Waals surface area contributed by atoms with Crippen LogP contribution in [0, 0.1) is 0 Å². The first-order chi connectivity index (χ1) is 5.04. The molecule has 0 fully saturated rings. The van der Waals surface area contributed by atoms with E-state index in [4.69, 9.17) is 9.47 Å². The van der Waals surface area contributed by atoms with Gasteiger partial charge in [0, 0.05) is 7.11 Å². The zero-order valence-corrected chi connectivity index (χ0v) is 7.22.